The van der Waals surface area contributed by atoms with Crippen molar-refractivity contribution in [1.29, 1.82) is 0 Å². The van der Waals surface area contributed by atoms with Crippen molar-refractivity contribution in [3.8, 4) is 0 Å². The van der Waals surface area contributed by atoms with E-state index in [1.54, 1.807) is 0 Å². The minimum atomic E-state index is 0. The van der Waals surface area contributed by atoms with Gasteiger partial charge >= 0.3 is 18.9 Å². The molecule has 0 N–H and O–H groups in total. The molecule has 0 saturated carbocycles. The smallest absolute Gasteiger partial charge is 0.878 e. The van der Waals surface area contributed by atoms with Crippen LogP contribution in [0.2, 0.25) is 0 Å². The van der Waals surface area contributed by atoms with Crippen LogP contribution >= 0.6 is 0 Å². The Labute approximate surface area is 37.5 Å². The molecule has 0 aliphatic rings. The van der Waals surface area contributed by atoms with Crippen LogP contribution in [-0.2, 0) is 0 Å². The summed E-state index contributed by atoms with van der Waals surface area (Å²) in [4.78, 5) is 0. The number of hydrogen-bond acceptors (Lipinski definition) is 1. The second-order valence-electron chi connectivity index (χ2n) is 0.167. The molecule has 0 atom stereocenters. The molecule has 0 aliphatic heterocycles. The third-order valence-electron chi connectivity index (χ3n) is 0. The summed E-state index contributed by atoms with van der Waals surface area (Å²) in [5.74, 6) is 0. The minimum Gasteiger partial charge on any atom is -0.878 e. The average Bonchev–Trinajstić information content (AvgIpc) is 0.918. The Hall–Kier alpha value is 0.137. The van der Waals surface area contributed by atoms with E-state index < -0.39 is 0 Å². The van der Waals surface area contributed by atoms with Crippen molar-refractivity contribution >= 4 is 0 Å². The fourth-order valence-electron chi connectivity index (χ4n) is 0. The molecule has 0 heterocycles. The molecule has 0 aromatic heterocycles. The van der Waals surface area contributed by atoms with E-state index in [0.29, 0.717) is 6.26 Å². The van der Waals surface area contributed by atoms with Gasteiger partial charge in [-0.05, 0) is 0 Å². The summed E-state index contributed by atoms with van der Waals surface area (Å²) in [6, 6.07) is 0. The second kappa shape index (κ2) is 11.1. The van der Waals surface area contributed by atoms with Crippen LogP contribution in [0.5, 0.6) is 0 Å². The van der Waals surface area contributed by atoms with Gasteiger partial charge in [-0.1, -0.05) is 0 Å². The first-order valence-electron chi connectivity index (χ1n) is 0.644. The van der Waals surface area contributed by atoms with Crippen LogP contribution in [0.4, 0.5) is 0 Å². The molecular formula is C2H3LiO. The van der Waals surface area contributed by atoms with E-state index in [1.807, 2.05) is 0 Å². The van der Waals surface area contributed by atoms with Gasteiger partial charge in [-0.15, -0.1) is 6.58 Å². The number of rotatable bonds is 0. The van der Waals surface area contributed by atoms with Gasteiger partial charge in [-0.2, -0.15) is 6.26 Å². The quantitative estimate of drug-likeness (QED) is 0.206. The Bertz CT molecular complexity index is 13.5. The van der Waals surface area contributed by atoms with Crippen LogP contribution in [0.1, 0.15) is 0 Å². The van der Waals surface area contributed by atoms with Crippen molar-refractivity contribution in [2.75, 3.05) is 0 Å². The normalized spacial score (nSPS) is 3.00. The van der Waals surface area contributed by atoms with E-state index in [2.05, 4.69) is 6.58 Å². The molecule has 0 amide bonds. The van der Waals surface area contributed by atoms with Gasteiger partial charge < -0.3 is 5.11 Å². The summed E-state index contributed by atoms with van der Waals surface area (Å²) in [6.45, 7) is 2.81. The molecule has 0 saturated heterocycles. The predicted molar refractivity (Wildman–Crippen MR) is 10.2 cm³/mol. The molecule has 4 heavy (non-hydrogen) atoms. The number of hydrogen-bond donors (Lipinski definition) is 0. The van der Waals surface area contributed by atoms with Gasteiger partial charge in [0, 0.05) is 0 Å². The first kappa shape index (κ1) is 8.91. The van der Waals surface area contributed by atoms with Crippen molar-refractivity contribution in [1.82, 2.24) is 0 Å². The van der Waals surface area contributed by atoms with Gasteiger partial charge in [0.1, 0.15) is 0 Å². The fraction of sp³-hybridized carbons (Fsp3) is 0. The van der Waals surface area contributed by atoms with E-state index in [1.165, 1.54) is 0 Å². The summed E-state index contributed by atoms with van der Waals surface area (Å²) < 4.78 is 0. The van der Waals surface area contributed by atoms with Crippen LogP contribution in [0.3, 0.4) is 0 Å². The van der Waals surface area contributed by atoms with Crippen LogP contribution in [-0.4, -0.2) is 0 Å². The van der Waals surface area contributed by atoms with Crippen molar-refractivity contribution in [2.24, 2.45) is 0 Å². The molecule has 0 rings (SSSR count). The van der Waals surface area contributed by atoms with Gasteiger partial charge in [0.05, 0.1) is 0 Å². The van der Waals surface area contributed by atoms with Crippen molar-refractivity contribution in [3.63, 3.8) is 0 Å². The summed E-state index contributed by atoms with van der Waals surface area (Å²) in [5.41, 5.74) is 0. The fourth-order valence-corrected chi connectivity index (χ4v) is 0. The molecular weight excluding hydrogens is 47.0 g/mol. The molecule has 0 spiro atoms. The molecule has 0 aliphatic carbocycles. The SMILES string of the molecule is C=C[O-].[Li+]. The Morgan fingerprint density at radius 3 is 1.75 bits per heavy atom. The molecule has 0 bridgehead atoms. The maximum Gasteiger partial charge on any atom is 1.00 e. The molecule has 0 unspecified atom stereocenters. The molecule has 18 valence electrons. The molecule has 1 nitrogen and oxygen atoms in total. The van der Waals surface area contributed by atoms with Crippen molar-refractivity contribution < 1.29 is 24.0 Å². The molecule has 0 radical (unpaired) electrons. The largest absolute Gasteiger partial charge is 1.00 e. The van der Waals surface area contributed by atoms with Gasteiger partial charge in [0.25, 0.3) is 0 Å². The minimum absolute atomic E-state index is 0. The van der Waals surface area contributed by atoms with Crippen LogP contribution in [0, 0.1) is 0 Å². The van der Waals surface area contributed by atoms with Crippen molar-refractivity contribution in [2.45, 2.75) is 0 Å². The Balaban J connectivity index is 0. The Morgan fingerprint density at radius 2 is 1.75 bits per heavy atom. The van der Waals surface area contributed by atoms with E-state index >= 15 is 0 Å². The third-order valence-corrected chi connectivity index (χ3v) is 0. The van der Waals surface area contributed by atoms with E-state index in [-0.39, 0.29) is 18.9 Å². The zero-order chi connectivity index (χ0) is 2.71. The summed E-state index contributed by atoms with van der Waals surface area (Å²) >= 11 is 0. The third kappa shape index (κ3) is 146. The van der Waals surface area contributed by atoms with Gasteiger partial charge in [0.15, 0.2) is 0 Å². The first-order chi connectivity index (χ1) is 1.41. The van der Waals surface area contributed by atoms with Gasteiger partial charge in [-0.25, -0.2) is 0 Å². The summed E-state index contributed by atoms with van der Waals surface area (Å²) in [5, 5.41) is 8.69. The van der Waals surface area contributed by atoms with E-state index in [9.17, 15) is 0 Å². The standard InChI is InChI=1S/C2H4O.Li/c1-2-3;/h2-3H,1H2;/q;+1/p-1. The molecule has 0 aromatic carbocycles. The molecule has 0 fully saturated rings. The zero-order valence-electron chi connectivity index (χ0n) is 2.69. The molecule has 2 heteroatoms. The summed E-state index contributed by atoms with van der Waals surface area (Å²) in [6.07, 6.45) is 0.500. The molecule has 0 aromatic rings. The van der Waals surface area contributed by atoms with Gasteiger partial charge in [0.2, 0.25) is 0 Å². The zero-order valence-corrected chi connectivity index (χ0v) is 2.69. The van der Waals surface area contributed by atoms with Crippen LogP contribution < -0.4 is 24.0 Å². The Morgan fingerprint density at radius 1 is 1.75 bits per heavy atom. The maximum atomic E-state index is 8.69. The van der Waals surface area contributed by atoms with E-state index in [4.69, 9.17) is 5.11 Å². The second-order valence-corrected chi connectivity index (χ2v) is 0.167. The van der Waals surface area contributed by atoms with E-state index in [0.717, 1.165) is 0 Å². The van der Waals surface area contributed by atoms with Crippen LogP contribution in [0.15, 0.2) is 12.8 Å². The first-order valence-corrected chi connectivity index (χ1v) is 0.644. The maximum absolute atomic E-state index is 8.69. The van der Waals surface area contributed by atoms with Gasteiger partial charge in [-0.3, -0.25) is 0 Å². The Kier molecular flexibility index (Phi) is 24.7. The van der Waals surface area contributed by atoms with Crippen LogP contribution in [0.25, 0.3) is 0 Å². The summed E-state index contributed by atoms with van der Waals surface area (Å²) in [7, 11) is 0. The van der Waals surface area contributed by atoms with Crippen molar-refractivity contribution in [3.05, 3.63) is 12.8 Å². The topological polar surface area (TPSA) is 23.1 Å². The monoisotopic (exact) mass is 50.0 g/mol. The predicted octanol–water partition coefficient (Wildman–Crippen LogP) is -3.51. The average molecular weight is 50.0 g/mol.